The Morgan fingerprint density at radius 1 is 1.00 bits per heavy atom. The molecule has 0 saturated heterocycles. The molecule has 1 unspecified atom stereocenters. The van der Waals surface area contributed by atoms with E-state index in [1.165, 1.54) is 11.8 Å². The van der Waals surface area contributed by atoms with Crippen molar-refractivity contribution in [2.45, 2.75) is 25.0 Å². The Balaban J connectivity index is 1.62. The lowest BCUT2D eigenvalue weighted by atomic mass is 10.1. The number of hydrogen-bond acceptors (Lipinski definition) is 4. The molecule has 0 aliphatic heterocycles. The van der Waals surface area contributed by atoms with Crippen molar-refractivity contribution in [2.24, 2.45) is 0 Å². The van der Waals surface area contributed by atoms with E-state index in [2.05, 4.69) is 5.32 Å². The van der Waals surface area contributed by atoms with Gasteiger partial charge in [0.05, 0.1) is 28.4 Å². The van der Waals surface area contributed by atoms with Gasteiger partial charge in [-0.15, -0.1) is 0 Å². The fraction of sp³-hybridized carbons (Fsp3) is 0.160. The molecule has 1 heterocycles. The molecule has 0 bridgehead atoms. The van der Waals surface area contributed by atoms with Gasteiger partial charge < -0.3 is 5.32 Å². The van der Waals surface area contributed by atoms with Gasteiger partial charge in [0.2, 0.25) is 5.91 Å². The first-order valence-corrected chi connectivity index (χ1v) is 11.1. The number of aromatic nitrogens is 2. The van der Waals surface area contributed by atoms with Crippen LogP contribution in [0, 0.1) is 6.92 Å². The first kappa shape index (κ1) is 20.9. The number of rotatable bonds is 6. The highest BCUT2D eigenvalue weighted by Gasteiger charge is 2.16. The summed E-state index contributed by atoms with van der Waals surface area (Å²) < 4.78 is 1.58. The SMILES string of the molecule is Cc1ccc(-n2c(SCC(=O)NC(C)c3ccccc3)nc3ccccc3c2=O)cc1. The number of nitrogens with zero attached hydrogens (tertiary/aromatic N) is 2. The predicted molar refractivity (Wildman–Crippen MR) is 126 cm³/mol. The third-order valence-corrected chi connectivity index (χ3v) is 5.99. The number of carbonyl (C=O) groups excluding carboxylic acids is 1. The van der Waals surface area contributed by atoms with Gasteiger partial charge in [0.25, 0.3) is 5.56 Å². The van der Waals surface area contributed by atoms with Crippen molar-refractivity contribution >= 4 is 28.6 Å². The molecule has 31 heavy (non-hydrogen) atoms. The zero-order valence-electron chi connectivity index (χ0n) is 17.4. The van der Waals surface area contributed by atoms with Crippen LogP contribution in [0.2, 0.25) is 0 Å². The molecule has 1 aromatic heterocycles. The maximum Gasteiger partial charge on any atom is 0.266 e. The van der Waals surface area contributed by atoms with E-state index >= 15 is 0 Å². The quantitative estimate of drug-likeness (QED) is 0.358. The molecule has 0 saturated carbocycles. The van der Waals surface area contributed by atoms with Crippen molar-refractivity contribution in [1.82, 2.24) is 14.9 Å². The topological polar surface area (TPSA) is 64.0 Å². The summed E-state index contributed by atoms with van der Waals surface area (Å²) in [5, 5.41) is 4.06. The third-order valence-electron chi connectivity index (χ3n) is 5.05. The van der Waals surface area contributed by atoms with Gasteiger partial charge in [0, 0.05) is 0 Å². The van der Waals surface area contributed by atoms with Gasteiger partial charge in [-0.2, -0.15) is 0 Å². The van der Waals surface area contributed by atoms with E-state index in [0.29, 0.717) is 16.1 Å². The highest BCUT2D eigenvalue weighted by atomic mass is 32.2. The van der Waals surface area contributed by atoms with Gasteiger partial charge >= 0.3 is 0 Å². The highest BCUT2D eigenvalue weighted by molar-refractivity contribution is 7.99. The van der Waals surface area contributed by atoms with Crippen molar-refractivity contribution in [3.63, 3.8) is 0 Å². The number of thioether (sulfide) groups is 1. The number of amides is 1. The van der Waals surface area contributed by atoms with Crippen LogP contribution in [0.4, 0.5) is 0 Å². The third kappa shape index (κ3) is 4.70. The van der Waals surface area contributed by atoms with Crippen molar-refractivity contribution < 1.29 is 4.79 Å². The average molecular weight is 430 g/mol. The molecule has 0 fully saturated rings. The van der Waals surface area contributed by atoms with Crippen LogP contribution in [0.1, 0.15) is 24.1 Å². The van der Waals surface area contributed by atoms with Gasteiger partial charge in [0.15, 0.2) is 5.16 Å². The van der Waals surface area contributed by atoms with Gasteiger partial charge in [-0.1, -0.05) is 71.9 Å². The second-order valence-electron chi connectivity index (χ2n) is 7.38. The van der Waals surface area contributed by atoms with E-state index < -0.39 is 0 Å². The van der Waals surface area contributed by atoms with Crippen LogP contribution < -0.4 is 10.9 Å². The van der Waals surface area contributed by atoms with Crippen LogP contribution in [-0.4, -0.2) is 21.2 Å². The van der Waals surface area contributed by atoms with E-state index in [1.807, 2.05) is 86.6 Å². The average Bonchev–Trinajstić information content (AvgIpc) is 2.79. The number of hydrogen-bond donors (Lipinski definition) is 1. The lowest BCUT2D eigenvalue weighted by molar-refractivity contribution is -0.119. The molecule has 6 heteroatoms. The van der Waals surface area contributed by atoms with E-state index in [0.717, 1.165) is 16.8 Å². The Labute approximate surface area is 185 Å². The summed E-state index contributed by atoms with van der Waals surface area (Å²) in [6, 6.07) is 24.7. The minimum atomic E-state index is -0.144. The first-order valence-electron chi connectivity index (χ1n) is 10.1. The number of nitrogens with one attached hydrogen (secondary N) is 1. The van der Waals surface area contributed by atoms with Crippen molar-refractivity contribution in [2.75, 3.05) is 5.75 Å². The molecule has 0 aliphatic carbocycles. The molecule has 0 aliphatic rings. The Bertz CT molecular complexity index is 1270. The smallest absolute Gasteiger partial charge is 0.266 e. The van der Waals surface area contributed by atoms with Crippen LogP contribution >= 0.6 is 11.8 Å². The number of aryl methyl sites for hydroxylation is 1. The number of fused-ring (bicyclic) bond motifs is 1. The van der Waals surface area contributed by atoms with E-state index in [-0.39, 0.29) is 23.3 Å². The number of carbonyl (C=O) groups is 1. The number of benzene rings is 3. The fourth-order valence-corrected chi connectivity index (χ4v) is 4.19. The number of para-hydroxylation sites is 1. The molecule has 1 N–H and O–H groups in total. The van der Waals surface area contributed by atoms with Gasteiger partial charge in [-0.05, 0) is 43.7 Å². The first-order chi connectivity index (χ1) is 15.0. The molecule has 156 valence electrons. The lowest BCUT2D eigenvalue weighted by Crippen LogP contribution is -2.29. The van der Waals surface area contributed by atoms with E-state index in [4.69, 9.17) is 4.98 Å². The van der Waals surface area contributed by atoms with Crippen LogP contribution in [-0.2, 0) is 4.79 Å². The standard InChI is InChI=1S/C25H23N3O2S/c1-17-12-14-20(15-13-17)28-24(30)21-10-6-7-11-22(21)27-25(28)31-16-23(29)26-18(2)19-8-4-3-5-9-19/h3-15,18H,16H2,1-2H3,(H,26,29). The minimum absolute atomic E-state index is 0.0989. The van der Waals surface area contributed by atoms with Crippen molar-refractivity contribution in [1.29, 1.82) is 0 Å². The molecule has 5 nitrogen and oxygen atoms in total. The Kier molecular flexibility index (Phi) is 6.18. The summed E-state index contributed by atoms with van der Waals surface area (Å²) in [5.41, 5.74) is 3.36. The van der Waals surface area contributed by atoms with Crippen LogP contribution in [0.15, 0.2) is 88.8 Å². The molecule has 4 aromatic rings. The molecule has 3 aromatic carbocycles. The maximum atomic E-state index is 13.3. The zero-order valence-corrected chi connectivity index (χ0v) is 18.2. The van der Waals surface area contributed by atoms with Crippen molar-refractivity contribution in [3.8, 4) is 5.69 Å². The maximum absolute atomic E-state index is 13.3. The van der Waals surface area contributed by atoms with Gasteiger partial charge in [0.1, 0.15) is 0 Å². The van der Waals surface area contributed by atoms with Gasteiger partial charge in [-0.25, -0.2) is 4.98 Å². The minimum Gasteiger partial charge on any atom is -0.349 e. The second kappa shape index (κ2) is 9.18. The van der Waals surface area contributed by atoms with Gasteiger partial charge in [-0.3, -0.25) is 14.2 Å². The monoisotopic (exact) mass is 429 g/mol. The summed E-state index contributed by atoms with van der Waals surface area (Å²) in [7, 11) is 0. The molecule has 1 amide bonds. The second-order valence-corrected chi connectivity index (χ2v) is 8.32. The molecule has 4 rings (SSSR count). The Morgan fingerprint density at radius 3 is 2.42 bits per heavy atom. The molecule has 0 spiro atoms. The normalized spacial score (nSPS) is 11.9. The van der Waals surface area contributed by atoms with Crippen LogP contribution in [0.3, 0.4) is 0 Å². The molecular weight excluding hydrogens is 406 g/mol. The highest BCUT2D eigenvalue weighted by Crippen LogP contribution is 2.22. The summed E-state index contributed by atoms with van der Waals surface area (Å²) in [4.78, 5) is 30.5. The fourth-order valence-electron chi connectivity index (χ4n) is 3.37. The molecule has 0 radical (unpaired) electrons. The van der Waals surface area contributed by atoms with Crippen molar-refractivity contribution in [3.05, 3.63) is 100 Å². The summed E-state index contributed by atoms with van der Waals surface area (Å²) in [6.45, 7) is 3.95. The predicted octanol–water partition coefficient (Wildman–Crippen LogP) is 4.66. The summed E-state index contributed by atoms with van der Waals surface area (Å²) in [5.74, 6) is 0.0487. The largest absolute Gasteiger partial charge is 0.349 e. The van der Waals surface area contributed by atoms with Crippen LogP contribution in [0.25, 0.3) is 16.6 Å². The van der Waals surface area contributed by atoms with Crippen LogP contribution in [0.5, 0.6) is 0 Å². The zero-order chi connectivity index (χ0) is 21.8. The lowest BCUT2D eigenvalue weighted by Gasteiger charge is -2.16. The molecule has 1 atom stereocenters. The summed E-state index contributed by atoms with van der Waals surface area (Å²) in [6.07, 6.45) is 0. The van der Waals surface area contributed by atoms with E-state index in [1.54, 1.807) is 10.6 Å². The van der Waals surface area contributed by atoms with E-state index in [9.17, 15) is 9.59 Å². The summed E-state index contributed by atoms with van der Waals surface area (Å²) >= 11 is 1.26. The Morgan fingerprint density at radius 2 is 1.68 bits per heavy atom. The Hall–Kier alpha value is -3.38. The molecular formula is C25H23N3O2S.